The van der Waals surface area contributed by atoms with Crippen LogP contribution >= 0.6 is 0 Å². The van der Waals surface area contributed by atoms with E-state index in [-0.39, 0.29) is 17.0 Å². The average molecular weight is 462 g/mol. The first kappa shape index (κ1) is 23.2. The van der Waals surface area contributed by atoms with Gasteiger partial charge in [0.2, 0.25) is 0 Å². The molecule has 34 heavy (non-hydrogen) atoms. The molecule has 0 aliphatic carbocycles. The molecular weight excluding hydrogens is 438 g/mol. The summed E-state index contributed by atoms with van der Waals surface area (Å²) in [6.45, 7) is 5.63. The van der Waals surface area contributed by atoms with Crippen molar-refractivity contribution < 1.29 is 23.5 Å². The quantitative estimate of drug-likeness (QED) is 0.301. The average Bonchev–Trinajstić information content (AvgIpc) is 3.12. The Morgan fingerprint density at radius 2 is 1.59 bits per heavy atom. The second kappa shape index (κ2) is 9.47. The van der Waals surface area contributed by atoms with E-state index in [9.17, 15) is 23.5 Å². The predicted octanol–water partition coefficient (Wildman–Crippen LogP) is 5.44. The van der Waals surface area contributed by atoms with Gasteiger partial charge >= 0.3 is 0 Å². The van der Waals surface area contributed by atoms with Gasteiger partial charge in [-0.3, -0.25) is 14.5 Å². The highest BCUT2D eigenvalue weighted by Gasteiger charge is 2.47. The summed E-state index contributed by atoms with van der Waals surface area (Å²) in [6, 6.07) is 17.0. The van der Waals surface area contributed by atoms with Gasteiger partial charge < -0.3 is 10.0 Å². The van der Waals surface area contributed by atoms with E-state index in [2.05, 4.69) is 4.90 Å². The number of halogens is 2. The minimum Gasteiger partial charge on any atom is -0.507 e. The van der Waals surface area contributed by atoms with Crippen LogP contribution in [0.1, 0.15) is 31.0 Å². The predicted molar refractivity (Wildman–Crippen MR) is 128 cm³/mol. The fourth-order valence-electron chi connectivity index (χ4n) is 4.27. The molecular formula is C27H24F2N2O3. The van der Waals surface area contributed by atoms with Crippen LogP contribution in [0.5, 0.6) is 0 Å². The third-order valence-corrected chi connectivity index (χ3v) is 6.00. The number of benzene rings is 3. The van der Waals surface area contributed by atoms with Crippen LogP contribution in [0.3, 0.4) is 0 Å². The fourth-order valence-corrected chi connectivity index (χ4v) is 4.27. The molecule has 4 rings (SSSR count). The smallest absolute Gasteiger partial charge is 0.300 e. The highest BCUT2D eigenvalue weighted by atomic mass is 19.1. The zero-order valence-corrected chi connectivity index (χ0v) is 18.8. The number of amides is 1. The Morgan fingerprint density at radius 1 is 0.941 bits per heavy atom. The normalized spacial score (nSPS) is 17.3. The van der Waals surface area contributed by atoms with Gasteiger partial charge in [0.15, 0.2) is 0 Å². The van der Waals surface area contributed by atoms with Crippen LogP contribution < -0.4 is 9.80 Å². The first-order chi connectivity index (χ1) is 16.4. The maximum absolute atomic E-state index is 14.8. The summed E-state index contributed by atoms with van der Waals surface area (Å²) in [7, 11) is 0. The molecule has 1 unspecified atom stereocenters. The molecule has 0 bridgehead atoms. The number of Topliss-reactive ketones (excluding diaryl/α,β-unsaturated/α-hetero) is 1. The lowest BCUT2D eigenvalue weighted by Gasteiger charge is -2.27. The van der Waals surface area contributed by atoms with Crippen LogP contribution in [0.4, 0.5) is 20.2 Å². The largest absolute Gasteiger partial charge is 0.507 e. The van der Waals surface area contributed by atoms with Crippen molar-refractivity contribution in [3.05, 3.63) is 101 Å². The molecule has 1 amide bonds. The van der Waals surface area contributed by atoms with Crippen molar-refractivity contribution in [1.29, 1.82) is 0 Å². The topological polar surface area (TPSA) is 60.9 Å². The number of hydrogen-bond acceptors (Lipinski definition) is 4. The van der Waals surface area contributed by atoms with Crippen LogP contribution in [0, 0.1) is 11.6 Å². The Balaban J connectivity index is 1.93. The number of ketones is 1. The second-order valence-corrected chi connectivity index (χ2v) is 7.89. The van der Waals surface area contributed by atoms with E-state index in [0.29, 0.717) is 11.1 Å². The van der Waals surface area contributed by atoms with Gasteiger partial charge in [-0.2, -0.15) is 0 Å². The SMILES string of the molecule is CCN(CC)c1ccc(C2/C(=C(\O)c3ccccc3)C(=O)C(=O)N2c2cc(F)ccc2F)cc1. The molecule has 1 fully saturated rings. The Kier molecular flexibility index (Phi) is 6.45. The first-order valence-corrected chi connectivity index (χ1v) is 11.0. The van der Waals surface area contributed by atoms with Gasteiger partial charge in [-0.1, -0.05) is 42.5 Å². The van der Waals surface area contributed by atoms with Gasteiger partial charge in [0.1, 0.15) is 17.4 Å². The third kappa shape index (κ3) is 4.05. The monoisotopic (exact) mass is 462 g/mol. The minimum absolute atomic E-state index is 0.185. The molecule has 0 saturated carbocycles. The van der Waals surface area contributed by atoms with E-state index in [1.807, 2.05) is 26.0 Å². The van der Waals surface area contributed by atoms with Crippen molar-refractivity contribution in [3.63, 3.8) is 0 Å². The van der Waals surface area contributed by atoms with E-state index in [4.69, 9.17) is 0 Å². The standard InChI is InChI=1S/C27H24F2N2O3/c1-3-30(4-2)20-13-10-17(11-14-20)24-23(25(32)18-8-6-5-7-9-18)26(33)27(34)31(24)22-16-19(28)12-15-21(22)29/h5-16,24,32H,3-4H2,1-2H3/b25-23+. The van der Waals surface area contributed by atoms with Crippen molar-refractivity contribution in [3.8, 4) is 0 Å². The zero-order chi connectivity index (χ0) is 24.4. The van der Waals surface area contributed by atoms with Crippen molar-refractivity contribution in [2.24, 2.45) is 0 Å². The van der Waals surface area contributed by atoms with Gasteiger partial charge in [0.25, 0.3) is 11.7 Å². The molecule has 0 spiro atoms. The highest BCUT2D eigenvalue weighted by Crippen LogP contribution is 2.43. The molecule has 1 aliphatic heterocycles. The van der Waals surface area contributed by atoms with Gasteiger partial charge in [-0.05, 0) is 43.7 Å². The van der Waals surface area contributed by atoms with Crippen molar-refractivity contribution in [1.82, 2.24) is 0 Å². The molecule has 174 valence electrons. The summed E-state index contributed by atoms with van der Waals surface area (Å²) in [5, 5.41) is 11.1. The molecule has 1 aliphatic rings. The van der Waals surface area contributed by atoms with Crippen LogP contribution in [0.15, 0.2) is 78.4 Å². The number of carbonyl (C=O) groups excluding carboxylic acids is 2. The van der Waals surface area contributed by atoms with Crippen LogP contribution in [-0.2, 0) is 9.59 Å². The van der Waals surface area contributed by atoms with Crippen LogP contribution in [-0.4, -0.2) is 29.9 Å². The molecule has 1 saturated heterocycles. The van der Waals surface area contributed by atoms with E-state index in [0.717, 1.165) is 41.9 Å². The number of hydrogen-bond donors (Lipinski definition) is 1. The summed E-state index contributed by atoms with van der Waals surface area (Å²) < 4.78 is 28.8. The Hall–Kier alpha value is -4.00. The number of rotatable bonds is 6. The Bertz CT molecular complexity index is 1250. The van der Waals surface area contributed by atoms with E-state index in [1.54, 1.807) is 42.5 Å². The Morgan fingerprint density at radius 3 is 2.21 bits per heavy atom. The van der Waals surface area contributed by atoms with Crippen molar-refractivity contribution in [2.75, 3.05) is 22.9 Å². The molecule has 1 heterocycles. The maximum Gasteiger partial charge on any atom is 0.300 e. The van der Waals surface area contributed by atoms with Crippen molar-refractivity contribution >= 4 is 28.8 Å². The molecule has 3 aromatic carbocycles. The van der Waals surface area contributed by atoms with Crippen LogP contribution in [0.2, 0.25) is 0 Å². The summed E-state index contributed by atoms with van der Waals surface area (Å²) in [5.41, 5.74) is 1.20. The molecule has 1 atom stereocenters. The lowest BCUT2D eigenvalue weighted by Crippen LogP contribution is -2.30. The van der Waals surface area contributed by atoms with Gasteiger partial charge in [-0.25, -0.2) is 8.78 Å². The summed E-state index contributed by atoms with van der Waals surface area (Å²) in [6.07, 6.45) is 0. The minimum atomic E-state index is -1.14. The van der Waals surface area contributed by atoms with E-state index < -0.39 is 29.4 Å². The summed E-state index contributed by atoms with van der Waals surface area (Å²) in [4.78, 5) is 29.3. The van der Waals surface area contributed by atoms with E-state index in [1.165, 1.54) is 0 Å². The molecule has 1 N–H and O–H groups in total. The third-order valence-electron chi connectivity index (χ3n) is 6.00. The van der Waals surface area contributed by atoms with E-state index >= 15 is 0 Å². The van der Waals surface area contributed by atoms with Gasteiger partial charge in [0, 0.05) is 30.4 Å². The van der Waals surface area contributed by atoms with Gasteiger partial charge in [0.05, 0.1) is 17.3 Å². The number of aliphatic hydroxyl groups is 1. The zero-order valence-electron chi connectivity index (χ0n) is 18.8. The molecule has 5 nitrogen and oxygen atoms in total. The second-order valence-electron chi connectivity index (χ2n) is 7.89. The molecule has 7 heteroatoms. The van der Waals surface area contributed by atoms with Gasteiger partial charge in [-0.15, -0.1) is 0 Å². The first-order valence-electron chi connectivity index (χ1n) is 11.0. The number of carbonyl (C=O) groups is 2. The number of anilines is 2. The summed E-state index contributed by atoms with van der Waals surface area (Å²) >= 11 is 0. The number of nitrogens with zero attached hydrogens (tertiary/aromatic N) is 2. The lowest BCUT2D eigenvalue weighted by atomic mass is 9.95. The molecule has 0 aromatic heterocycles. The summed E-state index contributed by atoms with van der Waals surface area (Å²) in [5.74, 6) is -4.00. The van der Waals surface area contributed by atoms with Crippen LogP contribution in [0.25, 0.3) is 5.76 Å². The highest BCUT2D eigenvalue weighted by molar-refractivity contribution is 6.51. The molecule has 3 aromatic rings. The lowest BCUT2D eigenvalue weighted by molar-refractivity contribution is -0.132. The Labute approximate surface area is 196 Å². The molecule has 0 radical (unpaired) electrons. The maximum atomic E-state index is 14.8. The van der Waals surface area contributed by atoms with Crippen molar-refractivity contribution in [2.45, 2.75) is 19.9 Å². The number of aliphatic hydroxyl groups excluding tert-OH is 1. The fraction of sp³-hybridized carbons (Fsp3) is 0.185.